The molecule has 0 heterocycles. The Hall–Kier alpha value is -0.600. The van der Waals surface area contributed by atoms with Crippen LogP contribution >= 0.6 is 0 Å². The molecule has 0 unspecified atom stereocenters. The number of nitroso groups, excluding NO2 is 1. The lowest BCUT2D eigenvalue weighted by atomic mass is 10.0. The minimum Gasteiger partial charge on any atom is -0.261 e. The normalized spacial score (nSPS) is 11.3. The van der Waals surface area contributed by atoms with Gasteiger partial charge in [0.05, 0.1) is 5.29 Å². The molecule has 3 heteroatoms. The second kappa shape index (κ2) is 14.3. The summed E-state index contributed by atoms with van der Waals surface area (Å²) in [5.74, 6) is 1.63. The van der Waals surface area contributed by atoms with E-state index in [1.807, 2.05) is 0 Å². The first-order valence-corrected chi connectivity index (χ1v) is 9.14. The standard InChI is InChI=1S/C18H38N2O/c1-17(2)13-9-5-7-11-15-20(19-21)16-12-8-6-10-14-18(3)4/h17-18H,5-16H2,1-4H3. The van der Waals surface area contributed by atoms with Crippen molar-refractivity contribution in [2.45, 2.75) is 91.9 Å². The van der Waals surface area contributed by atoms with Gasteiger partial charge in [-0.05, 0) is 24.7 Å². The predicted octanol–water partition coefficient (Wildman–Crippen LogP) is 6.18. The Bertz CT molecular complexity index is 209. The summed E-state index contributed by atoms with van der Waals surface area (Å²) in [6, 6.07) is 0. The van der Waals surface area contributed by atoms with Gasteiger partial charge in [-0.15, -0.1) is 4.91 Å². The molecule has 0 aromatic carbocycles. The first-order valence-electron chi connectivity index (χ1n) is 9.14. The van der Waals surface area contributed by atoms with Crippen LogP contribution in [0.2, 0.25) is 0 Å². The maximum atomic E-state index is 10.8. The minimum atomic E-state index is 0.814. The zero-order valence-electron chi connectivity index (χ0n) is 14.9. The van der Waals surface area contributed by atoms with E-state index in [0.29, 0.717) is 0 Å². The van der Waals surface area contributed by atoms with Crippen LogP contribution in [-0.4, -0.2) is 18.1 Å². The summed E-state index contributed by atoms with van der Waals surface area (Å²) < 4.78 is 0. The van der Waals surface area contributed by atoms with Crippen molar-refractivity contribution in [3.05, 3.63) is 4.91 Å². The average molecular weight is 299 g/mol. The Morgan fingerprint density at radius 3 is 1.38 bits per heavy atom. The molecule has 0 saturated carbocycles. The number of nitrogens with zero attached hydrogens (tertiary/aromatic N) is 2. The van der Waals surface area contributed by atoms with Crippen molar-refractivity contribution in [3.63, 3.8) is 0 Å². The lowest BCUT2D eigenvalue weighted by molar-refractivity contribution is 0.268. The lowest BCUT2D eigenvalue weighted by Crippen LogP contribution is -2.19. The molecule has 0 rings (SSSR count). The van der Waals surface area contributed by atoms with E-state index < -0.39 is 0 Å². The largest absolute Gasteiger partial charge is 0.261 e. The van der Waals surface area contributed by atoms with Crippen LogP contribution in [0.1, 0.15) is 91.9 Å². The van der Waals surface area contributed by atoms with Gasteiger partial charge in [0.1, 0.15) is 0 Å². The van der Waals surface area contributed by atoms with Crippen molar-refractivity contribution in [1.29, 1.82) is 0 Å². The Balaban J connectivity index is 3.39. The summed E-state index contributed by atoms with van der Waals surface area (Å²) in [7, 11) is 0. The molecule has 0 spiro atoms. The van der Waals surface area contributed by atoms with Crippen molar-refractivity contribution >= 4 is 0 Å². The predicted molar refractivity (Wildman–Crippen MR) is 93.2 cm³/mol. The third kappa shape index (κ3) is 15.6. The van der Waals surface area contributed by atoms with E-state index >= 15 is 0 Å². The molecule has 0 radical (unpaired) electrons. The van der Waals surface area contributed by atoms with Gasteiger partial charge in [0.15, 0.2) is 0 Å². The molecule has 0 N–H and O–H groups in total. The minimum absolute atomic E-state index is 0.814. The van der Waals surface area contributed by atoms with E-state index in [1.165, 1.54) is 51.4 Å². The van der Waals surface area contributed by atoms with Crippen molar-refractivity contribution in [3.8, 4) is 0 Å². The van der Waals surface area contributed by atoms with Crippen LogP contribution in [0, 0.1) is 16.7 Å². The van der Waals surface area contributed by atoms with Crippen LogP contribution in [0.4, 0.5) is 0 Å². The lowest BCUT2D eigenvalue weighted by Gasteiger charge is -2.15. The zero-order chi connectivity index (χ0) is 15.9. The van der Waals surface area contributed by atoms with Crippen LogP contribution in [0.3, 0.4) is 0 Å². The maximum Gasteiger partial charge on any atom is 0.0523 e. The van der Waals surface area contributed by atoms with E-state index in [9.17, 15) is 4.91 Å². The van der Waals surface area contributed by atoms with Gasteiger partial charge in [-0.1, -0.05) is 79.1 Å². The fourth-order valence-corrected chi connectivity index (χ4v) is 2.59. The maximum absolute atomic E-state index is 10.8. The van der Waals surface area contributed by atoms with Crippen LogP contribution in [0.25, 0.3) is 0 Å². The molecule has 0 saturated heterocycles. The monoisotopic (exact) mass is 298 g/mol. The molecule has 126 valence electrons. The van der Waals surface area contributed by atoms with Crippen molar-refractivity contribution in [1.82, 2.24) is 5.01 Å². The fraction of sp³-hybridized carbons (Fsp3) is 1.00. The molecular formula is C18H38N2O. The molecular weight excluding hydrogens is 260 g/mol. The Labute approximate surface area is 132 Å². The highest BCUT2D eigenvalue weighted by Gasteiger charge is 2.03. The third-order valence-corrected chi connectivity index (χ3v) is 4.01. The highest BCUT2D eigenvalue weighted by molar-refractivity contribution is 4.55. The van der Waals surface area contributed by atoms with Crippen molar-refractivity contribution in [2.75, 3.05) is 13.1 Å². The quantitative estimate of drug-likeness (QED) is 0.205. The number of unbranched alkanes of at least 4 members (excludes halogenated alkanes) is 6. The molecule has 0 atom stereocenters. The Morgan fingerprint density at radius 1 is 0.667 bits per heavy atom. The van der Waals surface area contributed by atoms with Crippen molar-refractivity contribution < 1.29 is 0 Å². The number of hydrogen-bond donors (Lipinski definition) is 0. The number of rotatable bonds is 15. The molecule has 0 amide bonds. The van der Waals surface area contributed by atoms with E-state index in [2.05, 4.69) is 33.0 Å². The van der Waals surface area contributed by atoms with Crippen LogP contribution < -0.4 is 0 Å². The summed E-state index contributed by atoms with van der Waals surface area (Å²) in [5.41, 5.74) is 0. The first-order chi connectivity index (χ1) is 10.1. The SMILES string of the molecule is CC(C)CCCCCCN(CCCCCCC(C)C)N=O. The molecule has 0 aliphatic carbocycles. The highest BCUT2D eigenvalue weighted by atomic mass is 16.3. The molecule has 3 nitrogen and oxygen atoms in total. The van der Waals surface area contributed by atoms with Gasteiger partial charge in [0.25, 0.3) is 0 Å². The smallest absolute Gasteiger partial charge is 0.0523 e. The number of hydrogen-bond acceptors (Lipinski definition) is 2. The molecule has 0 aromatic heterocycles. The Morgan fingerprint density at radius 2 is 1.05 bits per heavy atom. The molecule has 0 aromatic rings. The first kappa shape index (κ1) is 20.4. The molecule has 0 bridgehead atoms. The van der Waals surface area contributed by atoms with Gasteiger partial charge in [-0.2, -0.15) is 0 Å². The summed E-state index contributed by atoms with van der Waals surface area (Å²) in [6.07, 6.45) is 12.6. The van der Waals surface area contributed by atoms with Crippen LogP contribution in [0.15, 0.2) is 5.29 Å². The molecule has 0 aliphatic rings. The van der Waals surface area contributed by atoms with E-state index in [1.54, 1.807) is 5.01 Å². The van der Waals surface area contributed by atoms with Gasteiger partial charge in [0, 0.05) is 13.1 Å². The summed E-state index contributed by atoms with van der Waals surface area (Å²) in [6.45, 7) is 10.8. The van der Waals surface area contributed by atoms with E-state index in [-0.39, 0.29) is 0 Å². The zero-order valence-corrected chi connectivity index (χ0v) is 14.9. The van der Waals surface area contributed by atoms with Crippen molar-refractivity contribution in [2.24, 2.45) is 17.1 Å². The summed E-state index contributed by atoms with van der Waals surface area (Å²) in [5, 5.41) is 4.89. The fourth-order valence-electron chi connectivity index (χ4n) is 2.59. The van der Waals surface area contributed by atoms with E-state index in [4.69, 9.17) is 0 Å². The second-order valence-electron chi connectivity index (χ2n) is 7.23. The van der Waals surface area contributed by atoms with Gasteiger partial charge in [-0.25, -0.2) is 0 Å². The van der Waals surface area contributed by atoms with E-state index in [0.717, 1.165) is 37.8 Å². The van der Waals surface area contributed by atoms with Gasteiger partial charge >= 0.3 is 0 Å². The van der Waals surface area contributed by atoms with Crippen LogP contribution in [-0.2, 0) is 0 Å². The van der Waals surface area contributed by atoms with Crippen LogP contribution in [0.5, 0.6) is 0 Å². The average Bonchev–Trinajstić information content (AvgIpc) is 2.43. The van der Waals surface area contributed by atoms with Gasteiger partial charge < -0.3 is 0 Å². The highest BCUT2D eigenvalue weighted by Crippen LogP contribution is 2.12. The van der Waals surface area contributed by atoms with Gasteiger partial charge in [-0.3, -0.25) is 5.01 Å². The molecule has 0 fully saturated rings. The molecule has 0 aliphatic heterocycles. The second-order valence-corrected chi connectivity index (χ2v) is 7.23. The third-order valence-electron chi connectivity index (χ3n) is 4.01. The van der Waals surface area contributed by atoms with Gasteiger partial charge in [0.2, 0.25) is 0 Å². The Kier molecular flexibility index (Phi) is 13.9. The molecule has 21 heavy (non-hydrogen) atoms. The summed E-state index contributed by atoms with van der Waals surface area (Å²) in [4.78, 5) is 10.8. The topological polar surface area (TPSA) is 32.7 Å². The summed E-state index contributed by atoms with van der Waals surface area (Å²) >= 11 is 0.